The van der Waals surface area contributed by atoms with E-state index >= 15 is 0 Å². The minimum Gasteiger partial charge on any atom is -0.369 e. The lowest BCUT2D eigenvalue weighted by Crippen LogP contribution is -2.45. The fraction of sp³-hybridized carbons (Fsp3) is 0.385. The smallest absolute Gasteiger partial charge is 0.264 e. The summed E-state index contributed by atoms with van der Waals surface area (Å²) in [4.78, 5) is 20.4. The highest BCUT2D eigenvalue weighted by Crippen LogP contribution is 2.44. The van der Waals surface area contributed by atoms with Crippen LogP contribution in [0.15, 0.2) is 40.2 Å². The maximum atomic E-state index is 12.6. The molecule has 0 spiro atoms. The lowest BCUT2D eigenvalue weighted by Gasteiger charge is -2.45. The first kappa shape index (κ1) is 21.7. The number of hydrogen-bond acceptors (Lipinski definition) is 4. The number of aryl methyl sites for hydroxylation is 2. The monoisotopic (exact) mass is 433 g/mol. The van der Waals surface area contributed by atoms with Crippen molar-refractivity contribution in [3.05, 3.63) is 63.1 Å². The average Bonchev–Trinajstić information content (AvgIpc) is 3.03. The molecule has 4 rings (SSSR count). The van der Waals surface area contributed by atoms with E-state index in [-0.39, 0.29) is 11.4 Å². The Kier molecular flexibility index (Phi) is 5.50. The molecule has 1 saturated heterocycles. The molecule has 1 N–H and O–H groups in total. The number of amides is 1. The van der Waals surface area contributed by atoms with Gasteiger partial charge in [-0.3, -0.25) is 4.79 Å². The van der Waals surface area contributed by atoms with Crippen LogP contribution in [0, 0.1) is 20.8 Å². The standard InChI is InChI=1S/C26H31N3OS/c1-15-9-8-10-21(18(15)4)27-25-28-24(30)23(31-25)13-19-12-20-17(3)14-26(5,6)29(7)22(20)11-16(19)2/h8-13,17H,14H2,1-7H3,(H,27,28,30)/b23-13-/t17-/m1/s1. The highest BCUT2D eigenvalue weighted by atomic mass is 32.2. The summed E-state index contributed by atoms with van der Waals surface area (Å²) in [6.07, 6.45) is 3.12. The Morgan fingerprint density at radius 3 is 2.68 bits per heavy atom. The van der Waals surface area contributed by atoms with Crippen molar-refractivity contribution in [3.63, 3.8) is 0 Å². The summed E-state index contributed by atoms with van der Waals surface area (Å²) in [6, 6.07) is 10.6. The molecule has 0 saturated carbocycles. The van der Waals surface area contributed by atoms with Gasteiger partial charge in [-0.15, -0.1) is 0 Å². The van der Waals surface area contributed by atoms with Crippen LogP contribution in [0.5, 0.6) is 0 Å². The van der Waals surface area contributed by atoms with Crippen LogP contribution in [0.4, 0.5) is 11.4 Å². The third-order valence-electron chi connectivity index (χ3n) is 6.76. The highest BCUT2D eigenvalue weighted by molar-refractivity contribution is 8.18. The second kappa shape index (κ2) is 7.86. The van der Waals surface area contributed by atoms with Crippen molar-refractivity contribution in [3.8, 4) is 0 Å². The van der Waals surface area contributed by atoms with Crippen LogP contribution in [0.3, 0.4) is 0 Å². The summed E-state index contributed by atoms with van der Waals surface area (Å²) in [5.74, 6) is 0.392. The third-order valence-corrected chi connectivity index (χ3v) is 7.67. The Hall–Kier alpha value is -2.53. The number of benzene rings is 2. The molecule has 5 heteroatoms. The van der Waals surface area contributed by atoms with Crippen LogP contribution in [-0.4, -0.2) is 23.7 Å². The molecule has 0 bridgehead atoms. The maximum absolute atomic E-state index is 12.6. The van der Waals surface area contributed by atoms with Crippen molar-refractivity contribution in [2.24, 2.45) is 4.99 Å². The van der Waals surface area contributed by atoms with Crippen molar-refractivity contribution < 1.29 is 4.79 Å². The second-order valence-electron chi connectivity index (χ2n) is 9.45. The maximum Gasteiger partial charge on any atom is 0.264 e. The van der Waals surface area contributed by atoms with E-state index in [1.165, 1.54) is 34.1 Å². The normalized spacial score (nSPS) is 22.7. The Balaban J connectivity index is 1.67. The Labute approximate surface area is 189 Å². The summed E-state index contributed by atoms with van der Waals surface area (Å²) in [6.45, 7) is 13.1. The Morgan fingerprint density at radius 1 is 1.19 bits per heavy atom. The Morgan fingerprint density at radius 2 is 1.94 bits per heavy atom. The minimum absolute atomic E-state index is 0.0857. The molecule has 31 heavy (non-hydrogen) atoms. The molecular formula is C26H31N3OS. The summed E-state index contributed by atoms with van der Waals surface area (Å²) in [5, 5.41) is 3.56. The summed E-state index contributed by atoms with van der Waals surface area (Å²) in [7, 11) is 2.18. The molecule has 0 aliphatic carbocycles. The van der Waals surface area contributed by atoms with E-state index in [0.29, 0.717) is 16.0 Å². The van der Waals surface area contributed by atoms with Gasteiger partial charge in [0.25, 0.3) is 5.91 Å². The zero-order valence-corrected chi connectivity index (χ0v) is 20.3. The van der Waals surface area contributed by atoms with Crippen molar-refractivity contribution in [2.45, 2.75) is 59.4 Å². The van der Waals surface area contributed by atoms with E-state index in [1.54, 1.807) is 0 Å². The van der Waals surface area contributed by atoms with Gasteiger partial charge >= 0.3 is 0 Å². The van der Waals surface area contributed by atoms with E-state index in [9.17, 15) is 4.79 Å². The lowest BCUT2D eigenvalue weighted by molar-refractivity contribution is -0.115. The van der Waals surface area contributed by atoms with Crippen LogP contribution in [0.1, 0.15) is 60.9 Å². The number of amidine groups is 1. The predicted molar refractivity (Wildman–Crippen MR) is 133 cm³/mol. The quantitative estimate of drug-likeness (QED) is 0.571. The molecular weight excluding hydrogens is 402 g/mol. The van der Waals surface area contributed by atoms with E-state index in [1.807, 2.05) is 18.2 Å². The number of nitrogens with zero attached hydrogens (tertiary/aromatic N) is 2. The molecule has 0 radical (unpaired) electrons. The SMILES string of the molecule is Cc1cc2c(cc1/C=C1\SC(=Nc3cccc(C)c3C)NC1=O)[C@H](C)CC(C)(C)N2C. The van der Waals surface area contributed by atoms with E-state index in [0.717, 1.165) is 23.2 Å². The number of carbonyl (C=O) groups is 1. The van der Waals surface area contributed by atoms with Gasteiger partial charge in [-0.05, 0) is 111 Å². The fourth-order valence-electron chi connectivity index (χ4n) is 4.48. The van der Waals surface area contributed by atoms with Crippen LogP contribution >= 0.6 is 11.8 Å². The number of hydrogen-bond donors (Lipinski definition) is 1. The molecule has 1 fully saturated rings. The zero-order valence-electron chi connectivity index (χ0n) is 19.5. The predicted octanol–water partition coefficient (Wildman–Crippen LogP) is 6.23. The molecule has 162 valence electrons. The van der Waals surface area contributed by atoms with E-state index in [2.05, 4.69) is 77.0 Å². The molecule has 2 aliphatic heterocycles. The summed E-state index contributed by atoms with van der Waals surface area (Å²) < 4.78 is 0. The lowest BCUT2D eigenvalue weighted by atomic mass is 9.79. The topological polar surface area (TPSA) is 44.7 Å². The summed E-state index contributed by atoms with van der Waals surface area (Å²) >= 11 is 1.41. The van der Waals surface area contributed by atoms with Crippen LogP contribution < -0.4 is 10.2 Å². The molecule has 1 amide bonds. The van der Waals surface area contributed by atoms with Gasteiger partial charge < -0.3 is 10.2 Å². The number of nitrogens with one attached hydrogen (secondary N) is 1. The van der Waals surface area contributed by atoms with Gasteiger partial charge in [-0.25, -0.2) is 4.99 Å². The fourth-order valence-corrected chi connectivity index (χ4v) is 5.30. The number of carbonyl (C=O) groups excluding carboxylic acids is 1. The first-order chi connectivity index (χ1) is 14.6. The average molecular weight is 434 g/mol. The van der Waals surface area contributed by atoms with Gasteiger partial charge in [-0.1, -0.05) is 19.1 Å². The van der Waals surface area contributed by atoms with Crippen LogP contribution in [-0.2, 0) is 4.79 Å². The first-order valence-electron chi connectivity index (χ1n) is 10.8. The van der Waals surface area contributed by atoms with Crippen molar-refractivity contribution in [2.75, 3.05) is 11.9 Å². The molecule has 4 nitrogen and oxygen atoms in total. The van der Waals surface area contributed by atoms with E-state index in [4.69, 9.17) is 4.99 Å². The van der Waals surface area contributed by atoms with Crippen LogP contribution in [0.25, 0.3) is 6.08 Å². The van der Waals surface area contributed by atoms with E-state index < -0.39 is 0 Å². The van der Waals surface area contributed by atoms with Gasteiger partial charge in [0.1, 0.15) is 0 Å². The molecule has 0 aromatic heterocycles. The molecule has 2 aromatic carbocycles. The van der Waals surface area contributed by atoms with Crippen molar-refractivity contribution >= 4 is 40.3 Å². The second-order valence-corrected chi connectivity index (χ2v) is 10.5. The van der Waals surface area contributed by atoms with Crippen molar-refractivity contribution in [1.82, 2.24) is 5.32 Å². The van der Waals surface area contributed by atoms with Crippen LogP contribution in [0.2, 0.25) is 0 Å². The number of rotatable bonds is 2. The molecule has 0 unspecified atom stereocenters. The largest absolute Gasteiger partial charge is 0.369 e. The molecule has 2 aliphatic rings. The summed E-state index contributed by atoms with van der Waals surface area (Å²) in [5.41, 5.74) is 8.29. The Bertz CT molecular complexity index is 1130. The zero-order chi connectivity index (χ0) is 22.5. The third kappa shape index (κ3) is 4.03. The number of aliphatic imine (C=N–C) groups is 1. The number of fused-ring (bicyclic) bond motifs is 1. The first-order valence-corrected chi connectivity index (χ1v) is 11.6. The molecule has 2 heterocycles. The van der Waals surface area contributed by atoms with Gasteiger partial charge in [0.2, 0.25) is 0 Å². The van der Waals surface area contributed by atoms with Gasteiger partial charge in [-0.2, -0.15) is 0 Å². The molecule has 2 aromatic rings. The van der Waals surface area contributed by atoms with Crippen molar-refractivity contribution in [1.29, 1.82) is 0 Å². The van der Waals surface area contributed by atoms with Gasteiger partial charge in [0.05, 0.1) is 10.6 Å². The molecule has 1 atom stereocenters. The highest BCUT2D eigenvalue weighted by Gasteiger charge is 2.34. The van der Waals surface area contributed by atoms with Gasteiger partial charge in [0, 0.05) is 18.3 Å². The number of thioether (sulfide) groups is 1. The minimum atomic E-state index is -0.0857. The number of anilines is 1. The van der Waals surface area contributed by atoms with Gasteiger partial charge in [0.15, 0.2) is 5.17 Å².